The number of amides is 2. The maximum Gasteiger partial charge on any atom is 0.254 e. The first-order chi connectivity index (χ1) is 14.2. The first kappa shape index (κ1) is 17.9. The number of fused-ring (bicyclic) bond motifs is 1. The normalized spacial score (nSPS) is 19.9. The number of carbonyl (C=O) groups excluding carboxylic acids is 2. The number of likely N-dealkylation sites (tertiary alicyclic amines) is 1. The lowest BCUT2D eigenvalue weighted by molar-refractivity contribution is -0.117. The fraction of sp³-hybridized carbons (Fsp3) is 0.348. The molecule has 148 valence electrons. The van der Waals surface area contributed by atoms with E-state index in [1.54, 1.807) is 4.90 Å². The third kappa shape index (κ3) is 3.28. The van der Waals surface area contributed by atoms with Gasteiger partial charge in [0.15, 0.2) is 5.58 Å². The first-order valence-electron chi connectivity index (χ1n) is 10.3. The maximum atomic E-state index is 13.4. The number of hydrogen-bond donors (Lipinski definition) is 0. The van der Waals surface area contributed by atoms with Crippen molar-refractivity contribution in [2.45, 2.75) is 38.1 Å². The third-order valence-electron chi connectivity index (χ3n) is 5.84. The summed E-state index contributed by atoms with van der Waals surface area (Å²) in [6, 6.07) is 14.9. The fourth-order valence-corrected chi connectivity index (χ4v) is 4.36. The van der Waals surface area contributed by atoms with E-state index < -0.39 is 0 Å². The standard InChI is InChI=1S/C23H23N3O3/c27-21-12-6-14-25(21)17-8-5-7-16(15-17)23(28)26-13-4-3-10-19(26)22-24-18-9-1-2-11-20(18)29-22/h1-2,5,7-9,11,15,19H,3-4,6,10,12-14H2. The zero-order valence-corrected chi connectivity index (χ0v) is 16.2. The highest BCUT2D eigenvalue weighted by atomic mass is 16.3. The van der Waals surface area contributed by atoms with Crippen LogP contribution in [0.1, 0.15) is 54.4 Å². The second-order valence-electron chi connectivity index (χ2n) is 7.73. The molecule has 6 nitrogen and oxygen atoms in total. The molecule has 1 unspecified atom stereocenters. The summed E-state index contributed by atoms with van der Waals surface area (Å²) < 4.78 is 5.98. The lowest BCUT2D eigenvalue weighted by Gasteiger charge is -2.34. The summed E-state index contributed by atoms with van der Waals surface area (Å²) in [7, 11) is 0. The summed E-state index contributed by atoms with van der Waals surface area (Å²) in [4.78, 5) is 33.8. The van der Waals surface area contributed by atoms with Gasteiger partial charge in [-0.1, -0.05) is 18.2 Å². The highest BCUT2D eigenvalue weighted by molar-refractivity contribution is 5.99. The number of carbonyl (C=O) groups is 2. The first-order valence-corrected chi connectivity index (χ1v) is 10.3. The summed E-state index contributed by atoms with van der Waals surface area (Å²) in [6.07, 6.45) is 4.28. The summed E-state index contributed by atoms with van der Waals surface area (Å²) in [6.45, 7) is 1.39. The van der Waals surface area contributed by atoms with Gasteiger partial charge in [0.1, 0.15) is 11.6 Å². The number of benzene rings is 2. The molecule has 0 saturated carbocycles. The van der Waals surface area contributed by atoms with E-state index in [4.69, 9.17) is 4.42 Å². The number of nitrogens with zero attached hydrogens (tertiary/aromatic N) is 3. The monoisotopic (exact) mass is 389 g/mol. The van der Waals surface area contributed by atoms with E-state index in [1.807, 2.05) is 53.4 Å². The van der Waals surface area contributed by atoms with Gasteiger partial charge in [-0.05, 0) is 56.0 Å². The Labute approximate surface area is 169 Å². The van der Waals surface area contributed by atoms with Crippen LogP contribution in [0.2, 0.25) is 0 Å². The van der Waals surface area contributed by atoms with E-state index in [0.717, 1.165) is 42.5 Å². The molecule has 29 heavy (non-hydrogen) atoms. The Morgan fingerprint density at radius 2 is 1.93 bits per heavy atom. The molecular formula is C23H23N3O3. The number of piperidine rings is 1. The number of para-hydroxylation sites is 2. The largest absolute Gasteiger partial charge is 0.438 e. The van der Waals surface area contributed by atoms with Gasteiger partial charge in [0, 0.05) is 30.8 Å². The maximum absolute atomic E-state index is 13.4. The van der Waals surface area contributed by atoms with Crippen LogP contribution < -0.4 is 4.90 Å². The molecule has 2 aliphatic rings. The van der Waals surface area contributed by atoms with Crippen LogP contribution in [-0.2, 0) is 4.79 Å². The fourth-order valence-electron chi connectivity index (χ4n) is 4.36. The molecule has 0 aliphatic carbocycles. The zero-order chi connectivity index (χ0) is 19.8. The Bertz CT molecular complexity index is 1040. The smallest absolute Gasteiger partial charge is 0.254 e. The average molecular weight is 389 g/mol. The van der Waals surface area contributed by atoms with E-state index in [2.05, 4.69) is 4.98 Å². The van der Waals surface area contributed by atoms with Crippen LogP contribution >= 0.6 is 0 Å². The van der Waals surface area contributed by atoms with Crippen molar-refractivity contribution in [3.8, 4) is 0 Å². The van der Waals surface area contributed by atoms with Crippen molar-refractivity contribution >= 4 is 28.6 Å². The van der Waals surface area contributed by atoms with Crippen molar-refractivity contribution in [3.63, 3.8) is 0 Å². The molecule has 2 fully saturated rings. The molecule has 0 bridgehead atoms. The summed E-state index contributed by atoms with van der Waals surface area (Å²) in [5.74, 6) is 0.688. The quantitative estimate of drug-likeness (QED) is 0.669. The number of oxazole rings is 1. The second-order valence-corrected chi connectivity index (χ2v) is 7.73. The summed E-state index contributed by atoms with van der Waals surface area (Å²) in [5, 5.41) is 0. The molecule has 3 aromatic rings. The minimum Gasteiger partial charge on any atom is -0.438 e. The van der Waals surface area contributed by atoms with Gasteiger partial charge < -0.3 is 14.2 Å². The van der Waals surface area contributed by atoms with Gasteiger partial charge in [-0.15, -0.1) is 0 Å². The average Bonchev–Trinajstić information content (AvgIpc) is 3.39. The van der Waals surface area contributed by atoms with Crippen LogP contribution in [0, 0.1) is 0 Å². The Balaban J connectivity index is 1.45. The van der Waals surface area contributed by atoms with Crippen LogP contribution in [0.25, 0.3) is 11.1 Å². The second kappa shape index (κ2) is 7.35. The molecule has 2 aliphatic heterocycles. The van der Waals surface area contributed by atoms with Crippen molar-refractivity contribution < 1.29 is 14.0 Å². The molecule has 5 rings (SSSR count). The van der Waals surface area contributed by atoms with Crippen molar-refractivity contribution in [1.29, 1.82) is 0 Å². The van der Waals surface area contributed by atoms with Crippen LogP contribution in [0.5, 0.6) is 0 Å². The molecule has 3 heterocycles. The lowest BCUT2D eigenvalue weighted by atomic mass is 10.0. The predicted molar refractivity (Wildman–Crippen MR) is 110 cm³/mol. The number of anilines is 1. The van der Waals surface area contributed by atoms with Gasteiger partial charge >= 0.3 is 0 Å². The van der Waals surface area contributed by atoms with E-state index in [0.29, 0.717) is 31.0 Å². The molecule has 2 aromatic carbocycles. The highest BCUT2D eigenvalue weighted by Crippen LogP contribution is 2.34. The lowest BCUT2D eigenvalue weighted by Crippen LogP contribution is -2.38. The molecule has 1 aromatic heterocycles. The molecular weight excluding hydrogens is 366 g/mol. The molecule has 2 saturated heterocycles. The van der Waals surface area contributed by atoms with Crippen LogP contribution in [0.3, 0.4) is 0 Å². The van der Waals surface area contributed by atoms with E-state index in [9.17, 15) is 9.59 Å². The minimum atomic E-state index is -0.166. The van der Waals surface area contributed by atoms with Gasteiger partial charge in [0.2, 0.25) is 11.8 Å². The van der Waals surface area contributed by atoms with Crippen molar-refractivity contribution in [2.24, 2.45) is 0 Å². The van der Waals surface area contributed by atoms with Gasteiger partial charge in [0.25, 0.3) is 5.91 Å². The number of aromatic nitrogens is 1. The SMILES string of the molecule is O=C1CCCN1c1cccc(C(=O)N2CCCCC2c2nc3ccccc3o2)c1. The van der Waals surface area contributed by atoms with E-state index >= 15 is 0 Å². The number of hydrogen-bond acceptors (Lipinski definition) is 4. The Kier molecular flexibility index (Phi) is 4.54. The molecule has 0 radical (unpaired) electrons. The van der Waals surface area contributed by atoms with Gasteiger partial charge in [-0.3, -0.25) is 9.59 Å². The van der Waals surface area contributed by atoms with Crippen molar-refractivity contribution in [1.82, 2.24) is 9.88 Å². The molecule has 0 N–H and O–H groups in total. The molecule has 0 spiro atoms. The minimum absolute atomic E-state index is 0.0366. The van der Waals surface area contributed by atoms with E-state index in [1.165, 1.54) is 0 Å². The summed E-state index contributed by atoms with van der Waals surface area (Å²) in [5.41, 5.74) is 2.96. The van der Waals surface area contributed by atoms with E-state index in [-0.39, 0.29) is 17.9 Å². The topological polar surface area (TPSA) is 66.7 Å². The van der Waals surface area contributed by atoms with Gasteiger partial charge in [0.05, 0.1) is 0 Å². The Hall–Kier alpha value is -3.15. The van der Waals surface area contributed by atoms with Crippen molar-refractivity contribution in [3.05, 3.63) is 60.0 Å². The van der Waals surface area contributed by atoms with Crippen LogP contribution in [0.4, 0.5) is 5.69 Å². The summed E-state index contributed by atoms with van der Waals surface area (Å²) >= 11 is 0. The molecule has 6 heteroatoms. The molecule has 1 atom stereocenters. The Morgan fingerprint density at radius 1 is 1.03 bits per heavy atom. The van der Waals surface area contributed by atoms with Crippen LogP contribution in [0.15, 0.2) is 52.9 Å². The number of rotatable bonds is 3. The Morgan fingerprint density at radius 3 is 2.76 bits per heavy atom. The zero-order valence-electron chi connectivity index (χ0n) is 16.2. The van der Waals surface area contributed by atoms with Crippen LogP contribution in [-0.4, -0.2) is 34.8 Å². The highest BCUT2D eigenvalue weighted by Gasteiger charge is 2.32. The van der Waals surface area contributed by atoms with Gasteiger partial charge in [-0.25, -0.2) is 4.98 Å². The van der Waals surface area contributed by atoms with Gasteiger partial charge in [-0.2, -0.15) is 0 Å². The van der Waals surface area contributed by atoms with Crippen molar-refractivity contribution in [2.75, 3.05) is 18.0 Å². The predicted octanol–water partition coefficient (Wildman–Crippen LogP) is 4.32. The third-order valence-corrected chi connectivity index (χ3v) is 5.84. The molecule has 2 amide bonds.